The molecule has 2 N–H and O–H groups in total. The van der Waals surface area contributed by atoms with Gasteiger partial charge in [-0.25, -0.2) is 4.79 Å². The third kappa shape index (κ3) is 5.14. The summed E-state index contributed by atoms with van der Waals surface area (Å²) < 4.78 is 12.1. The van der Waals surface area contributed by atoms with Crippen LogP contribution in [-0.2, 0) is 14.0 Å². The number of carbonyl (C=O) groups excluding carboxylic acids is 2. The molecule has 29 heavy (non-hydrogen) atoms. The van der Waals surface area contributed by atoms with Crippen molar-refractivity contribution in [3.63, 3.8) is 0 Å². The number of hydrogen-bond acceptors (Lipinski definition) is 5. The fraction of sp³-hybridized carbons (Fsp3) is 0.905. The highest BCUT2D eigenvalue weighted by Gasteiger charge is 2.56. The molecule has 0 aromatic heterocycles. The zero-order valence-corrected chi connectivity index (χ0v) is 20.8. The summed E-state index contributed by atoms with van der Waals surface area (Å²) in [7, 11) is -2.03. The quantitative estimate of drug-likeness (QED) is 0.680. The minimum Gasteiger partial charge on any atom is -0.444 e. The first kappa shape index (κ1) is 24.1. The van der Waals surface area contributed by atoms with Crippen LogP contribution in [-0.4, -0.2) is 73.0 Å². The summed E-state index contributed by atoms with van der Waals surface area (Å²) in [4.78, 5) is 28.9. The number of nitrogens with two attached hydrogens (primary N) is 1. The van der Waals surface area contributed by atoms with Crippen LogP contribution in [0.2, 0.25) is 18.1 Å². The molecule has 2 amide bonds. The first-order chi connectivity index (χ1) is 13.0. The Morgan fingerprint density at radius 3 is 2.10 bits per heavy atom. The van der Waals surface area contributed by atoms with Gasteiger partial charge in [0.15, 0.2) is 8.32 Å². The Labute approximate surface area is 177 Å². The van der Waals surface area contributed by atoms with Crippen molar-refractivity contribution in [2.45, 2.75) is 103 Å². The summed E-state index contributed by atoms with van der Waals surface area (Å²) in [6.07, 6.45) is 1.31. The molecular formula is C21H41N3O4Si. The van der Waals surface area contributed by atoms with Crippen molar-refractivity contribution in [3.8, 4) is 0 Å². The molecule has 0 bridgehead atoms. The van der Waals surface area contributed by atoms with Crippen molar-refractivity contribution in [1.29, 1.82) is 0 Å². The lowest BCUT2D eigenvalue weighted by Crippen LogP contribution is -2.74. The Balaban J connectivity index is 2.09. The fourth-order valence-electron chi connectivity index (χ4n) is 4.19. The third-order valence-corrected chi connectivity index (χ3v) is 11.2. The lowest BCUT2D eigenvalue weighted by molar-refractivity contribution is -0.135. The molecule has 1 spiro atoms. The smallest absolute Gasteiger partial charge is 0.410 e. The lowest BCUT2D eigenvalue weighted by atomic mass is 9.84. The standard InChI is InChI=1S/C21H41N3O4Si/c1-15(28-29(8,9)20(5,6)7)16(17(22)25)23-13-21(14-23)11-10-12-24(21)18(26)27-19(2,3)4/h15-16H,10-14H2,1-9H3,(H2,22,25)/t15?,16-/m0/s1. The van der Waals surface area contributed by atoms with Gasteiger partial charge in [-0.3, -0.25) is 14.6 Å². The number of hydrogen-bond donors (Lipinski definition) is 1. The highest BCUT2D eigenvalue weighted by molar-refractivity contribution is 6.74. The summed E-state index contributed by atoms with van der Waals surface area (Å²) in [5.74, 6) is -0.368. The summed E-state index contributed by atoms with van der Waals surface area (Å²) in [6.45, 7) is 20.4. The molecule has 2 fully saturated rings. The van der Waals surface area contributed by atoms with Gasteiger partial charge in [0.1, 0.15) is 11.6 Å². The van der Waals surface area contributed by atoms with E-state index in [1.807, 2.05) is 32.6 Å². The van der Waals surface area contributed by atoms with Gasteiger partial charge in [-0.1, -0.05) is 20.8 Å². The van der Waals surface area contributed by atoms with E-state index in [9.17, 15) is 9.59 Å². The van der Waals surface area contributed by atoms with E-state index < -0.39 is 20.0 Å². The molecule has 0 radical (unpaired) electrons. The minimum absolute atomic E-state index is 0.0542. The molecule has 0 saturated carbocycles. The van der Waals surface area contributed by atoms with Crippen LogP contribution in [0.5, 0.6) is 0 Å². The molecule has 0 aliphatic carbocycles. The van der Waals surface area contributed by atoms with Gasteiger partial charge in [-0.15, -0.1) is 0 Å². The zero-order valence-electron chi connectivity index (χ0n) is 19.8. The van der Waals surface area contributed by atoms with Crippen LogP contribution in [0.3, 0.4) is 0 Å². The molecule has 0 aromatic rings. The monoisotopic (exact) mass is 427 g/mol. The summed E-state index contributed by atoms with van der Waals surface area (Å²) >= 11 is 0. The maximum Gasteiger partial charge on any atom is 0.410 e. The third-order valence-electron chi connectivity index (χ3n) is 6.62. The summed E-state index contributed by atoms with van der Waals surface area (Å²) in [5, 5.41) is 0.0542. The Hall–Kier alpha value is -1.12. The molecule has 7 nitrogen and oxygen atoms in total. The van der Waals surface area contributed by atoms with Crippen LogP contribution in [0.1, 0.15) is 61.3 Å². The van der Waals surface area contributed by atoms with Crippen LogP contribution >= 0.6 is 0 Å². The van der Waals surface area contributed by atoms with Gasteiger partial charge >= 0.3 is 6.09 Å². The molecule has 2 heterocycles. The van der Waals surface area contributed by atoms with E-state index in [1.54, 1.807) is 0 Å². The second-order valence-electron chi connectivity index (χ2n) is 11.3. The van der Waals surface area contributed by atoms with E-state index in [2.05, 4.69) is 38.8 Å². The van der Waals surface area contributed by atoms with E-state index in [-0.39, 0.29) is 28.7 Å². The van der Waals surface area contributed by atoms with Crippen molar-refractivity contribution >= 4 is 20.3 Å². The number of amides is 2. The Kier molecular flexibility index (Phi) is 6.54. The van der Waals surface area contributed by atoms with Gasteiger partial charge in [0.05, 0.1) is 11.6 Å². The number of carbonyl (C=O) groups is 2. The van der Waals surface area contributed by atoms with Crippen LogP contribution in [0.25, 0.3) is 0 Å². The molecule has 2 rings (SSSR count). The molecule has 2 saturated heterocycles. The zero-order chi connectivity index (χ0) is 22.4. The first-order valence-corrected chi connectivity index (χ1v) is 13.6. The van der Waals surface area contributed by atoms with Crippen molar-refractivity contribution in [2.75, 3.05) is 19.6 Å². The summed E-state index contributed by atoms with van der Waals surface area (Å²) in [6, 6.07) is -0.490. The maximum absolute atomic E-state index is 12.7. The van der Waals surface area contributed by atoms with E-state index >= 15 is 0 Å². The van der Waals surface area contributed by atoms with Gasteiger partial charge in [0, 0.05) is 19.6 Å². The number of rotatable bonds is 5. The average Bonchev–Trinajstić information content (AvgIpc) is 2.87. The molecule has 2 aliphatic heterocycles. The number of likely N-dealkylation sites (tertiary alicyclic amines) is 2. The van der Waals surface area contributed by atoms with Crippen LogP contribution in [0.4, 0.5) is 4.79 Å². The fourth-order valence-corrected chi connectivity index (χ4v) is 5.60. The van der Waals surface area contributed by atoms with Crippen LogP contribution < -0.4 is 5.73 Å². The normalized spacial score (nSPS) is 22.3. The second kappa shape index (κ2) is 7.85. The number of ether oxygens (including phenoxy) is 1. The SMILES string of the molecule is CC(O[Si](C)(C)C(C)(C)C)[C@@H](C(N)=O)N1CC2(CCCN2C(=O)OC(C)(C)C)C1. The minimum atomic E-state index is -2.03. The van der Waals surface area contributed by atoms with Crippen LogP contribution in [0.15, 0.2) is 0 Å². The molecule has 168 valence electrons. The van der Waals surface area contributed by atoms with Gasteiger partial charge in [-0.05, 0) is 58.7 Å². The Morgan fingerprint density at radius 1 is 1.10 bits per heavy atom. The molecule has 0 aromatic carbocycles. The topological polar surface area (TPSA) is 85.1 Å². The van der Waals surface area contributed by atoms with Gasteiger partial charge in [0.25, 0.3) is 0 Å². The molecule has 8 heteroatoms. The summed E-state index contributed by atoms with van der Waals surface area (Å²) in [5.41, 5.74) is 5.01. The van der Waals surface area contributed by atoms with Crippen molar-refractivity contribution < 1.29 is 18.8 Å². The van der Waals surface area contributed by atoms with E-state index in [0.717, 1.165) is 12.8 Å². The van der Waals surface area contributed by atoms with Crippen molar-refractivity contribution in [3.05, 3.63) is 0 Å². The predicted molar refractivity (Wildman–Crippen MR) is 117 cm³/mol. The van der Waals surface area contributed by atoms with Gasteiger partial charge < -0.3 is 14.9 Å². The van der Waals surface area contributed by atoms with Gasteiger partial charge in [0.2, 0.25) is 5.91 Å². The molecule has 1 unspecified atom stereocenters. The average molecular weight is 428 g/mol. The maximum atomic E-state index is 12.7. The second-order valence-corrected chi connectivity index (χ2v) is 16.1. The highest BCUT2D eigenvalue weighted by Crippen LogP contribution is 2.42. The lowest BCUT2D eigenvalue weighted by Gasteiger charge is -2.55. The molecule has 2 aliphatic rings. The molecular weight excluding hydrogens is 386 g/mol. The van der Waals surface area contributed by atoms with Crippen molar-refractivity contribution in [2.24, 2.45) is 5.73 Å². The van der Waals surface area contributed by atoms with E-state index in [4.69, 9.17) is 14.9 Å². The van der Waals surface area contributed by atoms with E-state index in [1.165, 1.54) is 0 Å². The van der Waals surface area contributed by atoms with Gasteiger partial charge in [-0.2, -0.15) is 0 Å². The number of primary amides is 1. The van der Waals surface area contributed by atoms with E-state index in [0.29, 0.717) is 19.6 Å². The largest absolute Gasteiger partial charge is 0.444 e. The van der Waals surface area contributed by atoms with Crippen LogP contribution in [0, 0.1) is 0 Å². The first-order valence-electron chi connectivity index (χ1n) is 10.7. The number of nitrogens with zero attached hydrogens (tertiary/aromatic N) is 2. The Bertz CT molecular complexity index is 633. The predicted octanol–water partition coefficient (Wildman–Crippen LogP) is 3.34. The van der Waals surface area contributed by atoms with Crippen molar-refractivity contribution in [1.82, 2.24) is 9.80 Å². The molecule has 2 atom stereocenters. The Morgan fingerprint density at radius 2 is 1.66 bits per heavy atom. The highest BCUT2D eigenvalue weighted by atomic mass is 28.4.